The summed E-state index contributed by atoms with van der Waals surface area (Å²) in [4.78, 5) is 42.8. The molecule has 2 aliphatic heterocycles. The van der Waals surface area contributed by atoms with Gasteiger partial charge in [0, 0.05) is 43.0 Å². The van der Waals surface area contributed by atoms with Crippen LogP contribution in [0, 0.1) is 5.92 Å². The summed E-state index contributed by atoms with van der Waals surface area (Å²) in [5.74, 6) is 0.439. The van der Waals surface area contributed by atoms with Gasteiger partial charge in [0.1, 0.15) is 5.69 Å². The third-order valence-corrected chi connectivity index (χ3v) is 8.16. The molecule has 1 aromatic carbocycles. The number of hydrogen-bond donors (Lipinski definition) is 2. The van der Waals surface area contributed by atoms with Crippen LogP contribution in [0.1, 0.15) is 29.8 Å². The number of nitrogens with one attached hydrogen (secondary N) is 2. The summed E-state index contributed by atoms with van der Waals surface area (Å²) >= 11 is 0.837. The Balaban J connectivity index is 1.09. The zero-order valence-corrected chi connectivity index (χ0v) is 23.6. The van der Waals surface area contributed by atoms with Crippen LogP contribution in [0.5, 0.6) is 0 Å². The molecule has 3 aromatic heterocycles. The SMILES string of the molecule is O=C1NC(=O)/C(=C\c2ccnc(N3CCC(CNCc4cc(-c5ccnc6ccccc56)nc(C(F)(F)F)c4)CC3)n2)S1. The molecule has 2 amide bonds. The number of halogens is 3. The van der Waals surface area contributed by atoms with Gasteiger partial charge in [0.15, 0.2) is 0 Å². The maximum absolute atomic E-state index is 13.8. The molecule has 4 aromatic rings. The number of rotatable bonds is 7. The number of pyridine rings is 2. The number of aromatic nitrogens is 4. The third-order valence-electron chi connectivity index (χ3n) is 7.35. The monoisotopic (exact) mass is 605 g/mol. The fraction of sp³-hybridized carbons (Fsp3) is 0.267. The predicted molar refractivity (Wildman–Crippen MR) is 158 cm³/mol. The lowest BCUT2D eigenvalue weighted by molar-refractivity contribution is -0.141. The molecule has 2 saturated heterocycles. The lowest BCUT2D eigenvalue weighted by atomic mass is 9.97. The van der Waals surface area contributed by atoms with Crippen LogP contribution in [0.15, 0.2) is 65.8 Å². The molecule has 6 rings (SSSR count). The average molecular weight is 606 g/mol. The van der Waals surface area contributed by atoms with Crippen LogP contribution in [0.2, 0.25) is 0 Å². The number of hydrogen-bond acceptors (Lipinski definition) is 9. The van der Waals surface area contributed by atoms with E-state index in [1.54, 1.807) is 36.7 Å². The van der Waals surface area contributed by atoms with Crippen molar-refractivity contribution in [1.29, 1.82) is 0 Å². The van der Waals surface area contributed by atoms with E-state index in [1.807, 2.05) is 24.3 Å². The Bertz CT molecular complexity index is 1720. The van der Waals surface area contributed by atoms with E-state index in [-0.39, 0.29) is 17.1 Å². The minimum absolute atomic E-state index is 0.259. The zero-order valence-electron chi connectivity index (χ0n) is 22.8. The number of imide groups is 1. The molecule has 2 N–H and O–H groups in total. The first-order valence-electron chi connectivity index (χ1n) is 13.7. The predicted octanol–water partition coefficient (Wildman–Crippen LogP) is 5.44. The molecule has 0 bridgehead atoms. The number of carbonyl (C=O) groups excluding carboxylic acids is 2. The van der Waals surface area contributed by atoms with E-state index in [0.717, 1.165) is 36.1 Å². The Hall–Kier alpha value is -4.36. The van der Waals surface area contributed by atoms with Crippen LogP contribution in [0.4, 0.5) is 23.9 Å². The van der Waals surface area contributed by atoms with Crippen molar-refractivity contribution >= 4 is 45.8 Å². The standard InChI is InChI=1S/C30H26F3N7O2S/c31-30(32,33)26-14-19(13-24(38-26)22-6-10-35-23-4-2-1-3-21(22)23)17-34-16-18-7-11-40(12-8-18)28-36-9-5-20(37-28)15-25-27(41)39-29(42)43-25/h1-6,9-10,13-15,18,34H,7-8,11-12,16-17H2,(H,39,41,42)/b25-15+. The van der Waals surface area contributed by atoms with Crippen molar-refractivity contribution in [2.45, 2.75) is 25.6 Å². The second-order valence-electron chi connectivity index (χ2n) is 10.3. The Kier molecular flexibility index (Phi) is 8.08. The van der Waals surface area contributed by atoms with Crippen molar-refractivity contribution in [3.8, 4) is 11.3 Å². The second kappa shape index (κ2) is 12.1. The summed E-state index contributed by atoms with van der Waals surface area (Å²) in [7, 11) is 0. The molecule has 0 saturated carbocycles. The van der Waals surface area contributed by atoms with Crippen LogP contribution < -0.4 is 15.5 Å². The quantitative estimate of drug-likeness (QED) is 0.266. The Morgan fingerprint density at radius 1 is 1.02 bits per heavy atom. The van der Waals surface area contributed by atoms with Crippen LogP contribution in [-0.4, -0.2) is 50.7 Å². The molecule has 2 fully saturated rings. The van der Waals surface area contributed by atoms with Gasteiger partial charge in [-0.15, -0.1) is 0 Å². The third kappa shape index (κ3) is 6.67. The van der Waals surface area contributed by atoms with Crippen LogP contribution in [0.3, 0.4) is 0 Å². The molecular formula is C30H26F3N7O2S. The Morgan fingerprint density at radius 3 is 2.58 bits per heavy atom. The summed E-state index contributed by atoms with van der Waals surface area (Å²) in [6.07, 6.45) is 1.90. The number of para-hydroxylation sites is 1. The van der Waals surface area contributed by atoms with Crippen molar-refractivity contribution in [3.63, 3.8) is 0 Å². The van der Waals surface area contributed by atoms with Crippen molar-refractivity contribution < 1.29 is 22.8 Å². The minimum Gasteiger partial charge on any atom is -0.341 e. The van der Waals surface area contributed by atoms with E-state index >= 15 is 0 Å². The molecule has 220 valence electrons. The number of carbonyl (C=O) groups is 2. The van der Waals surface area contributed by atoms with Gasteiger partial charge < -0.3 is 10.2 Å². The minimum atomic E-state index is -4.57. The van der Waals surface area contributed by atoms with Gasteiger partial charge in [-0.2, -0.15) is 13.2 Å². The first-order chi connectivity index (χ1) is 20.7. The van der Waals surface area contributed by atoms with E-state index < -0.39 is 23.0 Å². The molecule has 0 atom stereocenters. The van der Waals surface area contributed by atoms with E-state index in [0.29, 0.717) is 53.8 Å². The molecule has 9 nitrogen and oxygen atoms in total. The Morgan fingerprint density at radius 2 is 1.81 bits per heavy atom. The fourth-order valence-electron chi connectivity index (χ4n) is 5.20. The molecular weight excluding hydrogens is 579 g/mol. The molecule has 2 aliphatic rings. The van der Waals surface area contributed by atoms with Crippen molar-refractivity contribution in [2.24, 2.45) is 5.92 Å². The van der Waals surface area contributed by atoms with Crippen molar-refractivity contribution in [1.82, 2.24) is 30.6 Å². The van der Waals surface area contributed by atoms with Gasteiger partial charge in [-0.05, 0) is 79.0 Å². The first kappa shape index (κ1) is 28.7. The van der Waals surface area contributed by atoms with Gasteiger partial charge >= 0.3 is 6.18 Å². The van der Waals surface area contributed by atoms with Crippen LogP contribution >= 0.6 is 11.8 Å². The summed E-state index contributed by atoms with van der Waals surface area (Å²) in [6.45, 7) is 2.35. The van der Waals surface area contributed by atoms with Crippen LogP contribution in [-0.2, 0) is 17.5 Å². The average Bonchev–Trinajstić information content (AvgIpc) is 3.32. The summed E-state index contributed by atoms with van der Waals surface area (Å²) in [6, 6.07) is 13.5. The number of anilines is 1. The van der Waals surface area contributed by atoms with Gasteiger partial charge in [-0.3, -0.25) is 19.9 Å². The maximum atomic E-state index is 13.8. The fourth-order valence-corrected chi connectivity index (χ4v) is 5.87. The number of alkyl halides is 3. The van der Waals surface area contributed by atoms with Crippen molar-refractivity contribution in [2.75, 3.05) is 24.5 Å². The topological polar surface area (TPSA) is 113 Å². The summed E-state index contributed by atoms with van der Waals surface area (Å²) in [5, 5.41) is 5.90. The summed E-state index contributed by atoms with van der Waals surface area (Å²) < 4.78 is 41.3. The smallest absolute Gasteiger partial charge is 0.341 e. The zero-order chi connectivity index (χ0) is 30.0. The van der Waals surface area contributed by atoms with Crippen molar-refractivity contribution in [3.05, 3.63) is 82.8 Å². The van der Waals surface area contributed by atoms with Gasteiger partial charge in [0.2, 0.25) is 5.95 Å². The molecule has 0 unspecified atom stereocenters. The number of fused-ring (bicyclic) bond motifs is 1. The molecule has 5 heterocycles. The van der Waals surface area contributed by atoms with Gasteiger partial charge in [0.25, 0.3) is 11.1 Å². The van der Waals surface area contributed by atoms with Gasteiger partial charge in [0.05, 0.1) is 21.8 Å². The largest absolute Gasteiger partial charge is 0.433 e. The number of nitrogens with zero attached hydrogens (tertiary/aromatic N) is 5. The van der Waals surface area contributed by atoms with Gasteiger partial charge in [-0.1, -0.05) is 18.2 Å². The number of amides is 2. The maximum Gasteiger partial charge on any atom is 0.433 e. The molecule has 0 aliphatic carbocycles. The summed E-state index contributed by atoms with van der Waals surface area (Å²) in [5.41, 5.74) is 1.67. The highest BCUT2D eigenvalue weighted by Gasteiger charge is 2.33. The van der Waals surface area contributed by atoms with E-state index in [2.05, 4.69) is 35.5 Å². The number of thioether (sulfide) groups is 1. The van der Waals surface area contributed by atoms with Gasteiger partial charge in [-0.25, -0.2) is 15.0 Å². The highest BCUT2D eigenvalue weighted by molar-refractivity contribution is 8.18. The highest BCUT2D eigenvalue weighted by atomic mass is 32.2. The highest BCUT2D eigenvalue weighted by Crippen LogP contribution is 2.33. The van der Waals surface area contributed by atoms with Crippen LogP contribution in [0.25, 0.3) is 28.2 Å². The van der Waals surface area contributed by atoms with E-state index in [9.17, 15) is 22.8 Å². The molecule has 0 spiro atoms. The lowest BCUT2D eigenvalue weighted by Gasteiger charge is -2.32. The Labute approximate surface area is 249 Å². The number of benzene rings is 1. The molecule has 13 heteroatoms. The normalized spacial score (nSPS) is 17.2. The second-order valence-corrected chi connectivity index (χ2v) is 11.3. The van der Waals surface area contributed by atoms with E-state index in [1.165, 1.54) is 0 Å². The molecule has 43 heavy (non-hydrogen) atoms. The number of piperidine rings is 1. The first-order valence-corrected chi connectivity index (χ1v) is 14.5. The lowest BCUT2D eigenvalue weighted by Crippen LogP contribution is -2.38. The molecule has 0 radical (unpaired) electrons. The van der Waals surface area contributed by atoms with E-state index in [4.69, 9.17) is 0 Å².